The smallest absolute Gasteiger partial charge is 0.134 e. The third kappa shape index (κ3) is 2.67. The van der Waals surface area contributed by atoms with Crippen molar-refractivity contribution in [3.8, 4) is 0 Å². The van der Waals surface area contributed by atoms with Crippen LogP contribution in [0.15, 0.2) is 36.7 Å². The topological polar surface area (TPSA) is 37.8 Å². The monoisotopic (exact) mass is 237 g/mol. The molecule has 0 saturated heterocycles. The van der Waals surface area contributed by atoms with Crippen LogP contribution < -0.4 is 5.32 Å². The van der Waals surface area contributed by atoms with Crippen molar-refractivity contribution in [3.63, 3.8) is 0 Å². The van der Waals surface area contributed by atoms with E-state index >= 15 is 0 Å². The van der Waals surface area contributed by atoms with Gasteiger partial charge in [-0.25, -0.2) is 14.4 Å². The van der Waals surface area contributed by atoms with Crippen molar-refractivity contribution in [2.45, 2.75) is 6.54 Å². The van der Waals surface area contributed by atoms with Crippen molar-refractivity contribution in [1.29, 1.82) is 0 Å². The van der Waals surface area contributed by atoms with Crippen LogP contribution >= 0.6 is 11.6 Å². The van der Waals surface area contributed by atoms with Gasteiger partial charge in [-0.2, -0.15) is 0 Å². The molecule has 0 spiro atoms. The summed E-state index contributed by atoms with van der Waals surface area (Å²) in [4.78, 5) is 7.71. The van der Waals surface area contributed by atoms with Gasteiger partial charge in [-0.15, -0.1) is 0 Å². The van der Waals surface area contributed by atoms with Gasteiger partial charge in [-0.1, -0.05) is 29.8 Å². The lowest BCUT2D eigenvalue weighted by Gasteiger charge is -2.06. The maximum absolute atomic E-state index is 13.3. The van der Waals surface area contributed by atoms with E-state index in [1.807, 2.05) is 0 Å². The fourth-order valence-electron chi connectivity index (χ4n) is 1.26. The number of benzene rings is 1. The molecule has 1 aromatic heterocycles. The first-order valence-corrected chi connectivity index (χ1v) is 5.08. The SMILES string of the molecule is Fc1ccccc1CNc1cc(Cl)ncn1. The number of nitrogens with zero attached hydrogens (tertiary/aromatic N) is 2. The predicted molar refractivity (Wildman–Crippen MR) is 60.8 cm³/mol. The van der Waals surface area contributed by atoms with E-state index in [2.05, 4.69) is 15.3 Å². The highest BCUT2D eigenvalue weighted by Gasteiger charge is 2.01. The Kier molecular flexibility index (Phi) is 3.31. The molecule has 0 aliphatic heterocycles. The molecule has 0 amide bonds. The van der Waals surface area contributed by atoms with E-state index in [0.29, 0.717) is 23.1 Å². The van der Waals surface area contributed by atoms with Gasteiger partial charge in [0.25, 0.3) is 0 Å². The van der Waals surface area contributed by atoms with E-state index < -0.39 is 0 Å². The average molecular weight is 238 g/mol. The molecule has 1 aromatic carbocycles. The average Bonchev–Trinajstić information content (AvgIpc) is 2.28. The molecule has 5 heteroatoms. The zero-order valence-electron chi connectivity index (χ0n) is 8.32. The summed E-state index contributed by atoms with van der Waals surface area (Å²) in [7, 11) is 0. The van der Waals surface area contributed by atoms with Crippen LogP contribution in [-0.4, -0.2) is 9.97 Å². The van der Waals surface area contributed by atoms with E-state index in [9.17, 15) is 4.39 Å². The molecule has 0 unspecified atom stereocenters. The molecule has 1 heterocycles. The molecule has 0 aliphatic carbocycles. The van der Waals surface area contributed by atoms with Gasteiger partial charge in [0.05, 0.1) is 0 Å². The van der Waals surface area contributed by atoms with Crippen molar-refractivity contribution >= 4 is 17.4 Å². The number of rotatable bonds is 3. The third-order valence-corrected chi connectivity index (χ3v) is 2.26. The molecule has 16 heavy (non-hydrogen) atoms. The lowest BCUT2D eigenvalue weighted by atomic mass is 10.2. The first kappa shape index (κ1) is 10.8. The van der Waals surface area contributed by atoms with Crippen LogP contribution in [0.2, 0.25) is 5.15 Å². The standard InChI is InChI=1S/C11H9ClFN3/c12-10-5-11(16-7-15-10)14-6-8-3-1-2-4-9(8)13/h1-5,7H,6H2,(H,14,15,16). The van der Waals surface area contributed by atoms with Gasteiger partial charge in [-0.05, 0) is 6.07 Å². The molecule has 2 aromatic rings. The highest BCUT2D eigenvalue weighted by molar-refractivity contribution is 6.29. The van der Waals surface area contributed by atoms with Crippen LogP contribution in [0.5, 0.6) is 0 Å². The lowest BCUT2D eigenvalue weighted by Crippen LogP contribution is -2.03. The second kappa shape index (κ2) is 4.90. The maximum atomic E-state index is 13.3. The summed E-state index contributed by atoms with van der Waals surface area (Å²) in [6.07, 6.45) is 1.35. The second-order valence-electron chi connectivity index (χ2n) is 3.17. The fraction of sp³-hybridized carbons (Fsp3) is 0.0909. The van der Waals surface area contributed by atoms with Gasteiger partial charge in [0.1, 0.15) is 23.1 Å². The van der Waals surface area contributed by atoms with Crippen LogP contribution in [0, 0.1) is 5.82 Å². The third-order valence-electron chi connectivity index (χ3n) is 2.05. The number of nitrogens with one attached hydrogen (secondary N) is 1. The van der Waals surface area contributed by atoms with Crippen molar-refractivity contribution < 1.29 is 4.39 Å². The highest BCUT2D eigenvalue weighted by Crippen LogP contribution is 2.11. The number of halogens is 2. The molecular weight excluding hydrogens is 229 g/mol. The van der Waals surface area contributed by atoms with Crippen molar-refractivity contribution in [2.75, 3.05) is 5.32 Å². The second-order valence-corrected chi connectivity index (χ2v) is 3.56. The number of anilines is 1. The van der Waals surface area contributed by atoms with E-state index in [0.717, 1.165) is 0 Å². The number of hydrogen-bond donors (Lipinski definition) is 1. The van der Waals surface area contributed by atoms with Gasteiger partial charge in [-0.3, -0.25) is 0 Å². The molecule has 2 rings (SSSR count). The molecule has 0 radical (unpaired) electrons. The molecule has 0 fully saturated rings. The Hall–Kier alpha value is -1.68. The summed E-state index contributed by atoms with van der Waals surface area (Å²) in [5.41, 5.74) is 0.581. The molecule has 3 nitrogen and oxygen atoms in total. The van der Waals surface area contributed by atoms with E-state index in [1.54, 1.807) is 24.3 Å². The lowest BCUT2D eigenvalue weighted by molar-refractivity contribution is 0.613. The van der Waals surface area contributed by atoms with Gasteiger partial charge >= 0.3 is 0 Å². The van der Waals surface area contributed by atoms with Crippen LogP contribution in [0.3, 0.4) is 0 Å². The summed E-state index contributed by atoms with van der Waals surface area (Å²) in [6, 6.07) is 8.16. The normalized spacial score (nSPS) is 10.1. The Morgan fingerprint density at radius 2 is 2.06 bits per heavy atom. The zero-order valence-corrected chi connectivity index (χ0v) is 9.08. The largest absolute Gasteiger partial charge is 0.366 e. The quantitative estimate of drug-likeness (QED) is 0.835. The number of hydrogen-bond acceptors (Lipinski definition) is 3. The molecular formula is C11H9ClFN3. The van der Waals surface area contributed by atoms with Crippen molar-refractivity contribution in [2.24, 2.45) is 0 Å². The Morgan fingerprint density at radius 1 is 1.25 bits per heavy atom. The van der Waals surface area contributed by atoms with Crippen molar-refractivity contribution in [3.05, 3.63) is 53.2 Å². The van der Waals surface area contributed by atoms with E-state index in [4.69, 9.17) is 11.6 Å². The Balaban J connectivity index is 2.05. The summed E-state index contributed by atoms with van der Waals surface area (Å²) in [5, 5.41) is 3.32. The first-order chi connectivity index (χ1) is 7.75. The Labute approximate surface area is 97.3 Å². The maximum Gasteiger partial charge on any atom is 0.134 e. The molecule has 82 valence electrons. The summed E-state index contributed by atoms with van der Waals surface area (Å²) in [6.45, 7) is 0.361. The van der Waals surface area contributed by atoms with Crippen LogP contribution in [0.25, 0.3) is 0 Å². The predicted octanol–water partition coefficient (Wildman–Crippen LogP) is 2.88. The zero-order chi connectivity index (χ0) is 11.4. The van der Waals surface area contributed by atoms with Crippen molar-refractivity contribution in [1.82, 2.24) is 9.97 Å². The minimum absolute atomic E-state index is 0.241. The minimum atomic E-state index is -0.241. The molecule has 0 bridgehead atoms. The van der Waals surface area contributed by atoms with Crippen LogP contribution in [0.1, 0.15) is 5.56 Å². The van der Waals surface area contributed by atoms with Gasteiger partial charge in [0, 0.05) is 18.2 Å². The number of aromatic nitrogens is 2. The highest BCUT2D eigenvalue weighted by atomic mass is 35.5. The Morgan fingerprint density at radius 3 is 2.81 bits per heavy atom. The Bertz CT molecular complexity index is 490. The minimum Gasteiger partial charge on any atom is -0.366 e. The van der Waals surface area contributed by atoms with Gasteiger partial charge in [0.15, 0.2) is 0 Å². The van der Waals surface area contributed by atoms with Gasteiger partial charge in [0.2, 0.25) is 0 Å². The van der Waals surface area contributed by atoms with E-state index in [1.165, 1.54) is 12.4 Å². The van der Waals surface area contributed by atoms with Crippen LogP contribution in [0.4, 0.5) is 10.2 Å². The molecule has 0 saturated carbocycles. The van der Waals surface area contributed by atoms with Gasteiger partial charge < -0.3 is 5.32 Å². The van der Waals surface area contributed by atoms with E-state index in [-0.39, 0.29) is 5.82 Å². The summed E-state index contributed by atoms with van der Waals surface area (Å²) < 4.78 is 13.3. The van der Waals surface area contributed by atoms with Crippen LogP contribution in [-0.2, 0) is 6.54 Å². The molecule has 0 aliphatic rings. The summed E-state index contributed by atoms with van der Waals surface area (Å²) in [5.74, 6) is 0.332. The summed E-state index contributed by atoms with van der Waals surface area (Å²) >= 11 is 5.69. The molecule has 1 N–H and O–H groups in total. The fourth-order valence-corrected chi connectivity index (χ4v) is 1.40. The molecule has 0 atom stereocenters. The first-order valence-electron chi connectivity index (χ1n) is 4.70.